The summed E-state index contributed by atoms with van der Waals surface area (Å²) in [6, 6.07) is 19.5. The number of carbonyl (C=O) groups is 2. The predicted octanol–water partition coefficient (Wildman–Crippen LogP) is 7.93. The minimum atomic E-state index is -0.748. The molecule has 1 saturated carbocycles. The standard InChI is InChI=1S/C30H30Cl4N2O2/c31-24-12-7-13-25(32)23(24)18-29(37)36(19-21-14-15-26(33)27(34)16-21)28(17-20-8-3-1-4-9-20)30(38)35-22-10-5-2-6-11-22/h1,3-4,7-9,12-16,22,28H,2,5-6,10-11,17-19H2,(H,35,38)/t28-/m1/s1. The molecule has 0 aromatic heterocycles. The minimum Gasteiger partial charge on any atom is -0.352 e. The largest absolute Gasteiger partial charge is 0.352 e. The number of rotatable bonds is 9. The molecule has 0 bridgehead atoms. The third-order valence-corrected chi connectivity index (χ3v) is 8.40. The van der Waals surface area contributed by atoms with Crippen molar-refractivity contribution in [1.82, 2.24) is 10.2 Å². The predicted molar refractivity (Wildman–Crippen MR) is 156 cm³/mol. The van der Waals surface area contributed by atoms with E-state index in [9.17, 15) is 9.59 Å². The van der Waals surface area contributed by atoms with E-state index in [0.717, 1.165) is 36.8 Å². The Morgan fingerprint density at radius 1 is 0.789 bits per heavy atom. The molecule has 0 saturated heterocycles. The number of carbonyl (C=O) groups excluding carboxylic acids is 2. The molecule has 1 fully saturated rings. The van der Waals surface area contributed by atoms with Gasteiger partial charge in [-0.1, -0.05) is 108 Å². The molecule has 2 amide bonds. The van der Waals surface area contributed by atoms with Crippen LogP contribution in [0.1, 0.15) is 48.8 Å². The van der Waals surface area contributed by atoms with Gasteiger partial charge in [0.25, 0.3) is 0 Å². The summed E-state index contributed by atoms with van der Waals surface area (Å²) < 4.78 is 0. The van der Waals surface area contributed by atoms with Crippen molar-refractivity contribution in [2.75, 3.05) is 0 Å². The summed E-state index contributed by atoms with van der Waals surface area (Å²) in [4.78, 5) is 29.4. The third kappa shape index (κ3) is 7.66. The van der Waals surface area contributed by atoms with E-state index >= 15 is 0 Å². The first-order chi connectivity index (χ1) is 18.3. The highest BCUT2D eigenvalue weighted by atomic mass is 35.5. The average molecular weight is 592 g/mol. The molecule has 3 aromatic carbocycles. The van der Waals surface area contributed by atoms with Crippen LogP contribution in [-0.4, -0.2) is 28.8 Å². The lowest BCUT2D eigenvalue weighted by molar-refractivity contribution is -0.141. The SMILES string of the molecule is O=C(NC1CCCCC1)[C@@H](Cc1ccccc1)N(Cc1ccc(Cl)c(Cl)c1)C(=O)Cc1c(Cl)cccc1Cl. The van der Waals surface area contributed by atoms with E-state index in [2.05, 4.69) is 5.32 Å². The van der Waals surface area contributed by atoms with E-state index in [1.54, 1.807) is 35.2 Å². The molecule has 4 nitrogen and oxygen atoms in total. The van der Waals surface area contributed by atoms with Crippen molar-refractivity contribution in [2.24, 2.45) is 0 Å². The number of hydrogen-bond donors (Lipinski definition) is 1. The van der Waals surface area contributed by atoms with E-state index < -0.39 is 6.04 Å². The molecule has 1 atom stereocenters. The molecule has 200 valence electrons. The number of amides is 2. The number of benzene rings is 3. The Hall–Kier alpha value is -2.24. The average Bonchev–Trinajstić information content (AvgIpc) is 2.91. The highest BCUT2D eigenvalue weighted by molar-refractivity contribution is 6.42. The molecule has 1 aliphatic rings. The topological polar surface area (TPSA) is 49.4 Å². The second-order valence-corrected chi connectivity index (χ2v) is 11.3. The van der Waals surface area contributed by atoms with Crippen molar-refractivity contribution >= 4 is 58.2 Å². The summed E-state index contributed by atoms with van der Waals surface area (Å²) in [5.41, 5.74) is 2.26. The Labute approximate surface area is 244 Å². The quantitative estimate of drug-likeness (QED) is 0.275. The minimum absolute atomic E-state index is 0.0399. The van der Waals surface area contributed by atoms with E-state index in [1.165, 1.54) is 6.42 Å². The van der Waals surface area contributed by atoms with Gasteiger partial charge >= 0.3 is 0 Å². The Morgan fingerprint density at radius 2 is 1.47 bits per heavy atom. The lowest BCUT2D eigenvalue weighted by atomic mass is 9.94. The summed E-state index contributed by atoms with van der Waals surface area (Å²) in [5, 5.41) is 4.86. The summed E-state index contributed by atoms with van der Waals surface area (Å²) in [7, 11) is 0. The molecule has 0 spiro atoms. The molecule has 3 aromatic rings. The highest BCUT2D eigenvalue weighted by Crippen LogP contribution is 2.28. The Balaban J connectivity index is 1.70. The fourth-order valence-electron chi connectivity index (χ4n) is 4.89. The molecule has 0 heterocycles. The van der Waals surface area contributed by atoms with E-state index in [1.807, 2.05) is 36.4 Å². The maximum absolute atomic E-state index is 14.0. The van der Waals surface area contributed by atoms with Crippen molar-refractivity contribution in [3.05, 3.63) is 104 Å². The van der Waals surface area contributed by atoms with Crippen LogP contribution in [0.2, 0.25) is 20.1 Å². The van der Waals surface area contributed by atoms with Gasteiger partial charge in [-0.25, -0.2) is 0 Å². The number of halogens is 4. The fraction of sp³-hybridized carbons (Fsp3) is 0.333. The lowest BCUT2D eigenvalue weighted by Gasteiger charge is -2.33. The van der Waals surface area contributed by atoms with Crippen LogP contribution in [0.15, 0.2) is 66.7 Å². The summed E-state index contributed by atoms with van der Waals surface area (Å²) >= 11 is 25.3. The van der Waals surface area contributed by atoms with Crippen LogP contribution in [0, 0.1) is 0 Å². The molecule has 8 heteroatoms. The van der Waals surface area contributed by atoms with Crippen LogP contribution in [0.25, 0.3) is 0 Å². The van der Waals surface area contributed by atoms with Crippen LogP contribution in [0.4, 0.5) is 0 Å². The summed E-state index contributed by atoms with van der Waals surface area (Å²) in [5.74, 6) is -0.426. The first kappa shape index (κ1) is 28.8. The van der Waals surface area contributed by atoms with E-state index in [0.29, 0.717) is 32.1 Å². The lowest BCUT2D eigenvalue weighted by Crippen LogP contribution is -2.53. The molecular formula is C30H30Cl4N2O2. The van der Waals surface area contributed by atoms with Gasteiger partial charge in [0.2, 0.25) is 11.8 Å². The van der Waals surface area contributed by atoms with Crippen molar-refractivity contribution in [3.63, 3.8) is 0 Å². The van der Waals surface area contributed by atoms with Crippen molar-refractivity contribution in [3.8, 4) is 0 Å². The van der Waals surface area contributed by atoms with Crippen molar-refractivity contribution in [2.45, 2.75) is 63.6 Å². The molecular weight excluding hydrogens is 562 g/mol. The zero-order chi connectivity index (χ0) is 27.1. The molecule has 0 unspecified atom stereocenters. The molecule has 1 N–H and O–H groups in total. The number of nitrogens with zero attached hydrogens (tertiary/aromatic N) is 1. The van der Waals surface area contributed by atoms with Gasteiger partial charge in [0.05, 0.1) is 16.5 Å². The van der Waals surface area contributed by atoms with Crippen LogP contribution >= 0.6 is 46.4 Å². The first-order valence-electron chi connectivity index (χ1n) is 12.8. The Morgan fingerprint density at radius 3 is 2.13 bits per heavy atom. The molecule has 38 heavy (non-hydrogen) atoms. The second kappa shape index (κ2) is 13.7. The maximum Gasteiger partial charge on any atom is 0.243 e. The van der Waals surface area contributed by atoms with Crippen molar-refractivity contribution in [1.29, 1.82) is 0 Å². The van der Waals surface area contributed by atoms with Crippen LogP contribution in [0.5, 0.6) is 0 Å². The normalized spacial score (nSPS) is 14.6. The van der Waals surface area contributed by atoms with E-state index in [-0.39, 0.29) is 30.8 Å². The van der Waals surface area contributed by atoms with E-state index in [4.69, 9.17) is 46.4 Å². The summed E-state index contributed by atoms with van der Waals surface area (Å²) in [6.45, 7) is 0.174. The molecule has 4 rings (SSSR count). The zero-order valence-corrected chi connectivity index (χ0v) is 24.0. The van der Waals surface area contributed by atoms with Crippen LogP contribution in [-0.2, 0) is 29.0 Å². The Kier molecular flexibility index (Phi) is 10.4. The smallest absolute Gasteiger partial charge is 0.243 e. The second-order valence-electron chi connectivity index (χ2n) is 9.70. The van der Waals surface area contributed by atoms with Crippen LogP contribution in [0.3, 0.4) is 0 Å². The van der Waals surface area contributed by atoms with Gasteiger partial charge in [0, 0.05) is 29.1 Å². The van der Waals surface area contributed by atoms with Gasteiger partial charge in [-0.05, 0) is 53.8 Å². The van der Waals surface area contributed by atoms with Gasteiger partial charge in [-0.15, -0.1) is 0 Å². The van der Waals surface area contributed by atoms with Crippen molar-refractivity contribution < 1.29 is 9.59 Å². The Bertz CT molecular complexity index is 1240. The molecule has 1 aliphatic carbocycles. The first-order valence-corrected chi connectivity index (χ1v) is 14.3. The number of hydrogen-bond acceptors (Lipinski definition) is 2. The molecule has 0 radical (unpaired) electrons. The third-order valence-electron chi connectivity index (χ3n) is 6.95. The van der Waals surface area contributed by atoms with Gasteiger partial charge in [0.1, 0.15) is 6.04 Å². The summed E-state index contributed by atoms with van der Waals surface area (Å²) in [6.07, 6.45) is 5.57. The fourth-order valence-corrected chi connectivity index (χ4v) is 5.74. The van der Waals surface area contributed by atoms with Crippen LogP contribution < -0.4 is 5.32 Å². The van der Waals surface area contributed by atoms with Gasteiger partial charge < -0.3 is 10.2 Å². The number of nitrogens with one attached hydrogen (secondary N) is 1. The molecule has 0 aliphatic heterocycles. The van der Waals surface area contributed by atoms with Gasteiger partial charge in [0.15, 0.2) is 0 Å². The van der Waals surface area contributed by atoms with Gasteiger partial charge in [-0.2, -0.15) is 0 Å². The maximum atomic E-state index is 14.0. The van der Waals surface area contributed by atoms with Gasteiger partial charge in [-0.3, -0.25) is 9.59 Å². The zero-order valence-electron chi connectivity index (χ0n) is 20.9. The monoisotopic (exact) mass is 590 g/mol. The highest BCUT2D eigenvalue weighted by Gasteiger charge is 2.32.